The third-order valence-electron chi connectivity index (χ3n) is 2.34. The number of nitrogens with zero attached hydrogens (tertiary/aromatic N) is 2. The zero-order valence-corrected chi connectivity index (χ0v) is 13.0. The molecule has 0 aromatic carbocycles. The van der Waals surface area contributed by atoms with Crippen molar-refractivity contribution >= 4 is 28.9 Å². The maximum absolute atomic E-state index is 11.6. The van der Waals surface area contributed by atoms with Gasteiger partial charge in [0.1, 0.15) is 11.4 Å². The number of nitrogens with one attached hydrogen (secondary N) is 2. The molecule has 6 nitrogen and oxygen atoms in total. The van der Waals surface area contributed by atoms with Crippen LogP contribution < -0.4 is 10.6 Å². The lowest BCUT2D eigenvalue weighted by atomic mass is 10.2. The van der Waals surface area contributed by atoms with Crippen LogP contribution in [-0.2, 0) is 11.3 Å². The van der Waals surface area contributed by atoms with E-state index in [0.29, 0.717) is 12.4 Å². The smallest absolute Gasteiger partial charge is 0.413 e. The van der Waals surface area contributed by atoms with E-state index in [1.54, 1.807) is 29.1 Å². The van der Waals surface area contributed by atoms with Gasteiger partial charge in [0, 0.05) is 11.1 Å². The first kappa shape index (κ1) is 15.2. The number of thiazole rings is 1. The molecule has 0 atom stereocenters. The standard InChI is InChI=1S/C14H18N4O2S/c1-14(2,3)20-13(19)18-12-5-4-10(6-17-12)16-8-11-7-15-9-21-11/h4-7,9,16H,8H2,1-3H3,(H,17,18,19). The summed E-state index contributed by atoms with van der Waals surface area (Å²) in [5.74, 6) is 0.451. The van der Waals surface area contributed by atoms with Crippen molar-refractivity contribution in [3.05, 3.63) is 34.9 Å². The second-order valence-electron chi connectivity index (χ2n) is 5.38. The third kappa shape index (κ3) is 5.39. The normalized spacial score (nSPS) is 11.0. The quantitative estimate of drug-likeness (QED) is 0.904. The van der Waals surface area contributed by atoms with Crippen molar-refractivity contribution in [1.29, 1.82) is 0 Å². The minimum atomic E-state index is -0.527. The van der Waals surface area contributed by atoms with E-state index < -0.39 is 11.7 Å². The molecule has 0 saturated heterocycles. The van der Waals surface area contributed by atoms with Crippen molar-refractivity contribution in [2.45, 2.75) is 32.9 Å². The van der Waals surface area contributed by atoms with Gasteiger partial charge in [-0.05, 0) is 32.9 Å². The number of anilines is 2. The van der Waals surface area contributed by atoms with Crippen LogP contribution in [0.1, 0.15) is 25.6 Å². The molecular weight excluding hydrogens is 288 g/mol. The lowest BCUT2D eigenvalue weighted by Gasteiger charge is -2.19. The van der Waals surface area contributed by atoms with Gasteiger partial charge in [0.25, 0.3) is 0 Å². The highest BCUT2D eigenvalue weighted by Crippen LogP contribution is 2.14. The maximum Gasteiger partial charge on any atom is 0.413 e. The van der Waals surface area contributed by atoms with Crippen molar-refractivity contribution < 1.29 is 9.53 Å². The van der Waals surface area contributed by atoms with Crippen LogP contribution in [0.25, 0.3) is 0 Å². The third-order valence-corrected chi connectivity index (χ3v) is 3.12. The van der Waals surface area contributed by atoms with E-state index in [-0.39, 0.29) is 0 Å². The van der Waals surface area contributed by atoms with Gasteiger partial charge in [-0.1, -0.05) is 0 Å². The molecule has 0 aliphatic carbocycles. The maximum atomic E-state index is 11.6. The highest BCUT2D eigenvalue weighted by Gasteiger charge is 2.16. The Hall–Kier alpha value is -2.15. The van der Waals surface area contributed by atoms with Gasteiger partial charge in [0.2, 0.25) is 0 Å². The summed E-state index contributed by atoms with van der Waals surface area (Å²) < 4.78 is 5.16. The number of carbonyl (C=O) groups is 1. The summed E-state index contributed by atoms with van der Waals surface area (Å²) in [4.78, 5) is 20.9. The molecule has 2 aromatic heterocycles. The van der Waals surface area contributed by atoms with E-state index in [1.807, 2.05) is 33.0 Å². The van der Waals surface area contributed by atoms with Gasteiger partial charge in [-0.3, -0.25) is 10.3 Å². The first-order valence-electron chi connectivity index (χ1n) is 6.50. The number of ether oxygens (including phenoxy) is 1. The summed E-state index contributed by atoms with van der Waals surface area (Å²) in [5, 5.41) is 5.82. The predicted octanol–water partition coefficient (Wildman–Crippen LogP) is 3.50. The second kappa shape index (κ2) is 6.53. The van der Waals surface area contributed by atoms with Crippen LogP contribution in [0.2, 0.25) is 0 Å². The molecule has 0 aliphatic rings. The van der Waals surface area contributed by atoms with Crippen molar-refractivity contribution in [2.75, 3.05) is 10.6 Å². The lowest BCUT2D eigenvalue weighted by Crippen LogP contribution is -2.27. The molecule has 2 aromatic rings. The lowest BCUT2D eigenvalue weighted by molar-refractivity contribution is 0.0635. The van der Waals surface area contributed by atoms with Gasteiger partial charge in [-0.15, -0.1) is 11.3 Å². The van der Waals surface area contributed by atoms with Crippen LogP contribution in [0.3, 0.4) is 0 Å². The van der Waals surface area contributed by atoms with E-state index in [0.717, 1.165) is 10.6 Å². The minimum Gasteiger partial charge on any atom is -0.444 e. The first-order valence-corrected chi connectivity index (χ1v) is 7.38. The van der Waals surface area contributed by atoms with E-state index >= 15 is 0 Å². The molecule has 0 bridgehead atoms. The first-order chi connectivity index (χ1) is 9.92. The van der Waals surface area contributed by atoms with Gasteiger partial charge >= 0.3 is 6.09 Å². The molecule has 2 heterocycles. The fourth-order valence-corrected chi connectivity index (χ4v) is 2.03. The minimum absolute atomic E-state index is 0.451. The van der Waals surface area contributed by atoms with Gasteiger partial charge in [-0.25, -0.2) is 9.78 Å². The largest absolute Gasteiger partial charge is 0.444 e. The summed E-state index contributed by atoms with van der Waals surface area (Å²) in [6, 6.07) is 3.57. The molecule has 0 spiro atoms. The number of rotatable bonds is 4. The molecule has 0 aliphatic heterocycles. The van der Waals surface area contributed by atoms with Crippen molar-refractivity contribution in [3.8, 4) is 0 Å². The Morgan fingerprint density at radius 3 is 2.71 bits per heavy atom. The van der Waals surface area contributed by atoms with Crippen molar-refractivity contribution in [1.82, 2.24) is 9.97 Å². The van der Waals surface area contributed by atoms with Gasteiger partial charge in [-0.2, -0.15) is 0 Å². The Bertz CT molecular complexity index is 576. The van der Waals surface area contributed by atoms with E-state index in [9.17, 15) is 4.79 Å². The summed E-state index contributed by atoms with van der Waals surface area (Å²) >= 11 is 1.59. The highest BCUT2D eigenvalue weighted by molar-refractivity contribution is 7.09. The molecule has 1 amide bonds. The molecule has 0 saturated carbocycles. The monoisotopic (exact) mass is 306 g/mol. The molecule has 7 heteroatoms. The molecule has 2 rings (SSSR count). The number of aromatic nitrogens is 2. The van der Waals surface area contributed by atoms with E-state index in [4.69, 9.17) is 4.74 Å². The zero-order chi connectivity index (χ0) is 15.3. The summed E-state index contributed by atoms with van der Waals surface area (Å²) in [5.41, 5.74) is 2.14. The number of carbonyl (C=O) groups excluding carboxylic acids is 1. The molecule has 112 valence electrons. The fourth-order valence-electron chi connectivity index (χ4n) is 1.50. The number of pyridine rings is 1. The van der Waals surface area contributed by atoms with Crippen LogP contribution in [0.15, 0.2) is 30.0 Å². The van der Waals surface area contributed by atoms with Gasteiger partial charge in [0.05, 0.1) is 23.9 Å². The molecule has 21 heavy (non-hydrogen) atoms. The Kier molecular flexibility index (Phi) is 4.74. The van der Waals surface area contributed by atoms with Crippen LogP contribution in [0, 0.1) is 0 Å². The summed E-state index contributed by atoms with van der Waals surface area (Å²) in [6.07, 6.45) is 2.97. The Morgan fingerprint density at radius 1 is 1.33 bits per heavy atom. The Morgan fingerprint density at radius 2 is 2.14 bits per heavy atom. The van der Waals surface area contributed by atoms with Gasteiger partial charge in [0.15, 0.2) is 0 Å². The summed E-state index contributed by atoms with van der Waals surface area (Å²) in [6.45, 7) is 6.14. The number of hydrogen-bond donors (Lipinski definition) is 2. The number of amides is 1. The van der Waals surface area contributed by atoms with Crippen LogP contribution in [0.5, 0.6) is 0 Å². The van der Waals surface area contributed by atoms with Crippen molar-refractivity contribution in [2.24, 2.45) is 0 Å². The molecule has 0 unspecified atom stereocenters. The van der Waals surface area contributed by atoms with Gasteiger partial charge < -0.3 is 10.1 Å². The Balaban J connectivity index is 1.85. The molecule has 2 N–H and O–H groups in total. The number of hydrogen-bond acceptors (Lipinski definition) is 6. The highest BCUT2D eigenvalue weighted by atomic mass is 32.1. The van der Waals surface area contributed by atoms with Crippen LogP contribution in [0.4, 0.5) is 16.3 Å². The second-order valence-corrected chi connectivity index (χ2v) is 6.35. The molecule has 0 fully saturated rings. The van der Waals surface area contributed by atoms with E-state index in [2.05, 4.69) is 20.6 Å². The average molecular weight is 306 g/mol. The molecular formula is C14H18N4O2S. The predicted molar refractivity (Wildman–Crippen MR) is 83.5 cm³/mol. The van der Waals surface area contributed by atoms with Crippen LogP contribution in [-0.4, -0.2) is 21.7 Å². The fraction of sp³-hybridized carbons (Fsp3) is 0.357. The van der Waals surface area contributed by atoms with E-state index in [1.165, 1.54) is 0 Å². The topological polar surface area (TPSA) is 76.1 Å². The van der Waals surface area contributed by atoms with Crippen molar-refractivity contribution in [3.63, 3.8) is 0 Å². The molecule has 0 radical (unpaired) electrons. The Labute approximate surface area is 127 Å². The average Bonchev–Trinajstić information content (AvgIpc) is 2.89. The summed E-state index contributed by atoms with van der Waals surface area (Å²) in [7, 11) is 0. The zero-order valence-electron chi connectivity index (χ0n) is 12.2. The van der Waals surface area contributed by atoms with Crippen LogP contribution >= 0.6 is 11.3 Å². The SMILES string of the molecule is CC(C)(C)OC(=O)Nc1ccc(NCc2cncs2)cn1.